The smallest absolute Gasteiger partial charge is 0.416 e. The lowest BCUT2D eigenvalue weighted by Gasteiger charge is -2.25. The van der Waals surface area contributed by atoms with Gasteiger partial charge >= 0.3 is 6.18 Å². The number of benzene rings is 2. The van der Waals surface area contributed by atoms with E-state index in [9.17, 15) is 18.0 Å². The summed E-state index contributed by atoms with van der Waals surface area (Å²) in [7, 11) is 0. The number of amides is 1. The highest BCUT2D eigenvalue weighted by Gasteiger charge is 2.30. The average Bonchev–Trinajstić information content (AvgIpc) is 3.29. The molecule has 8 heteroatoms. The average molecular weight is 486 g/mol. The van der Waals surface area contributed by atoms with E-state index in [2.05, 4.69) is 11.1 Å². The lowest BCUT2D eigenvalue weighted by Crippen LogP contribution is -2.35. The van der Waals surface area contributed by atoms with Gasteiger partial charge < -0.3 is 9.32 Å². The molecule has 0 spiro atoms. The summed E-state index contributed by atoms with van der Waals surface area (Å²) >= 11 is 0. The highest BCUT2D eigenvalue weighted by atomic mass is 19.4. The van der Waals surface area contributed by atoms with E-state index in [1.165, 1.54) is 18.4 Å². The van der Waals surface area contributed by atoms with Crippen molar-refractivity contribution < 1.29 is 22.4 Å². The molecule has 0 saturated carbocycles. The lowest BCUT2D eigenvalue weighted by atomic mass is 10.0. The van der Waals surface area contributed by atoms with E-state index in [0.29, 0.717) is 18.0 Å². The molecule has 1 saturated heterocycles. The standard InChI is InChI=1S/C27H30F3N3O2/c1-19-9-10-20(2)22(13-19)16-32(15-21-7-6-8-23(14-21)27(28,29)30)17-25-31-24(18-35-25)26(34)33-11-4-3-5-12-33/h6-10,13-14,18H,3-5,11-12,15-17H2,1-2H3. The topological polar surface area (TPSA) is 49.6 Å². The molecule has 1 amide bonds. The number of aryl methyl sites for hydroxylation is 2. The Hall–Kier alpha value is -3.13. The summed E-state index contributed by atoms with van der Waals surface area (Å²) in [6.45, 7) is 6.49. The van der Waals surface area contributed by atoms with Crippen molar-refractivity contribution in [3.8, 4) is 0 Å². The van der Waals surface area contributed by atoms with E-state index in [0.717, 1.165) is 55.1 Å². The number of aromatic nitrogens is 1. The number of halogens is 3. The zero-order chi connectivity index (χ0) is 25.0. The van der Waals surface area contributed by atoms with Crippen LogP contribution in [0.5, 0.6) is 0 Å². The zero-order valence-electron chi connectivity index (χ0n) is 20.1. The number of carbonyl (C=O) groups excluding carboxylic acids is 1. The Morgan fingerprint density at radius 3 is 2.54 bits per heavy atom. The molecule has 0 aliphatic carbocycles. The Morgan fingerprint density at radius 2 is 1.80 bits per heavy atom. The number of alkyl halides is 3. The van der Waals surface area contributed by atoms with Crippen molar-refractivity contribution in [2.24, 2.45) is 0 Å². The predicted molar refractivity (Wildman–Crippen MR) is 127 cm³/mol. The van der Waals surface area contributed by atoms with Crippen LogP contribution in [0, 0.1) is 13.8 Å². The van der Waals surface area contributed by atoms with Crippen molar-refractivity contribution >= 4 is 5.91 Å². The van der Waals surface area contributed by atoms with Crippen LogP contribution < -0.4 is 0 Å². The molecule has 35 heavy (non-hydrogen) atoms. The summed E-state index contributed by atoms with van der Waals surface area (Å²) in [5, 5.41) is 0. The number of rotatable bonds is 7. The second-order valence-corrected chi connectivity index (χ2v) is 9.25. The number of hydrogen-bond acceptors (Lipinski definition) is 4. The van der Waals surface area contributed by atoms with Crippen LogP contribution in [-0.2, 0) is 25.8 Å². The first-order chi connectivity index (χ1) is 16.7. The fraction of sp³-hybridized carbons (Fsp3) is 0.407. The fourth-order valence-electron chi connectivity index (χ4n) is 4.42. The number of nitrogens with zero attached hydrogens (tertiary/aromatic N) is 3. The van der Waals surface area contributed by atoms with E-state index in [1.54, 1.807) is 11.0 Å². The molecule has 0 radical (unpaired) electrons. The van der Waals surface area contributed by atoms with Gasteiger partial charge in [-0.3, -0.25) is 9.69 Å². The molecular formula is C27H30F3N3O2. The Kier molecular flexibility index (Phi) is 7.60. The number of oxazole rings is 1. The van der Waals surface area contributed by atoms with Crippen molar-refractivity contribution in [1.82, 2.24) is 14.8 Å². The number of piperidine rings is 1. The minimum absolute atomic E-state index is 0.140. The van der Waals surface area contributed by atoms with Gasteiger partial charge in [0.1, 0.15) is 6.26 Å². The molecule has 2 aromatic carbocycles. The summed E-state index contributed by atoms with van der Waals surface area (Å²) in [5.41, 5.74) is 3.42. The van der Waals surface area contributed by atoms with E-state index < -0.39 is 11.7 Å². The monoisotopic (exact) mass is 485 g/mol. The van der Waals surface area contributed by atoms with Crippen molar-refractivity contribution in [2.45, 2.75) is 58.9 Å². The maximum absolute atomic E-state index is 13.3. The van der Waals surface area contributed by atoms with Crippen LogP contribution in [0.2, 0.25) is 0 Å². The summed E-state index contributed by atoms with van der Waals surface area (Å²) < 4.78 is 45.4. The third kappa shape index (κ3) is 6.51. The molecule has 5 nitrogen and oxygen atoms in total. The summed E-state index contributed by atoms with van der Waals surface area (Å²) in [5.74, 6) is 0.223. The first-order valence-electron chi connectivity index (χ1n) is 11.9. The van der Waals surface area contributed by atoms with Gasteiger partial charge in [-0.25, -0.2) is 4.98 Å². The Bertz CT molecular complexity index is 1170. The van der Waals surface area contributed by atoms with Crippen molar-refractivity contribution in [3.63, 3.8) is 0 Å². The molecule has 1 aliphatic rings. The number of carbonyl (C=O) groups is 1. The molecule has 3 aromatic rings. The van der Waals surface area contributed by atoms with Gasteiger partial charge in [-0.05, 0) is 55.9 Å². The molecule has 0 bridgehead atoms. The van der Waals surface area contributed by atoms with Crippen LogP contribution in [0.25, 0.3) is 0 Å². The van der Waals surface area contributed by atoms with Crippen LogP contribution >= 0.6 is 0 Å². The molecule has 0 atom stereocenters. The molecular weight excluding hydrogens is 455 g/mol. The quantitative estimate of drug-likeness (QED) is 0.403. The van der Waals surface area contributed by atoms with Crippen molar-refractivity contribution in [3.05, 3.63) is 88.1 Å². The molecule has 0 unspecified atom stereocenters. The third-order valence-electron chi connectivity index (χ3n) is 6.33. The first kappa shape index (κ1) is 25.0. The minimum atomic E-state index is -4.40. The van der Waals surface area contributed by atoms with Gasteiger partial charge in [0.05, 0.1) is 12.1 Å². The Labute approximate surface area is 203 Å². The minimum Gasteiger partial charge on any atom is -0.447 e. The normalized spacial score (nSPS) is 14.5. The van der Waals surface area contributed by atoms with Crippen molar-refractivity contribution in [2.75, 3.05) is 13.1 Å². The molecule has 1 aromatic heterocycles. The largest absolute Gasteiger partial charge is 0.447 e. The van der Waals surface area contributed by atoms with Crippen LogP contribution in [0.3, 0.4) is 0 Å². The summed E-state index contributed by atoms with van der Waals surface area (Å²) in [4.78, 5) is 21.0. The molecule has 1 aliphatic heterocycles. The molecule has 2 heterocycles. The van der Waals surface area contributed by atoms with Crippen molar-refractivity contribution in [1.29, 1.82) is 0 Å². The van der Waals surface area contributed by atoms with E-state index in [-0.39, 0.29) is 24.7 Å². The van der Waals surface area contributed by atoms with Crippen LogP contribution in [-0.4, -0.2) is 33.8 Å². The fourth-order valence-corrected chi connectivity index (χ4v) is 4.42. The molecule has 0 N–H and O–H groups in total. The predicted octanol–water partition coefficient (Wildman–Crippen LogP) is 6.14. The van der Waals surface area contributed by atoms with Crippen LogP contribution in [0.15, 0.2) is 53.1 Å². The molecule has 1 fully saturated rings. The van der Waals surface area contributed by atoms with Crippen LogP contribution in [0.1, 0.15) is 63.5 Å². The van der Waals surface area contributed by atoms with Gasteiger partial charge in [0, 0.05) is 26.2 Å². The first-order valence-corrected chi connectivity index (χ1v) is 11.9. The second-order valence-electron chi connectivity index (χ2n) is 9.25. The van der Waals surface area contributed by atoms with Gasteiger partial charge in [0.2, 0.25) is 5.89 Å². The summed E-state index contributed by atoms with van der Waals surface area (Å²) in [6.07, 6.45) is 0.0672. The summed E-state index contributed by atoms with van der Waals surface area (Å²) in [6, 6.07) is 11.5. The Morgan fingerprint density at radius 1 is 1.03 bits per heavy atom. The Balaban J connectivity index is 1.55. The van der Waals surface area contributed by atoms with Crippen LogP contribution in [0.4, 0.5) is 13.2 Å². The van der Waals surface area contributed by atoms with Gasteiger partial charge in [0.15, 0.2) is 5.69 Å². The SMILES string of the molecule is Cc1ccc(C)c(CN(Cc2cccc(C(F)(F)F)c2)Cc2nc(C(=O)N3CCCCC3)co2)c1. The van der Waals surface area contributed by atoms with Gasteiger partial charge in [-0.1, -0.05) is 42.0 Å². The van der Waals surface area contributed by atoms with Gasteiger partial charge in [-0.2, -0.15) is 13.2 Å². The lowest BCUT2D eigenvalue weighted by molar-refractivity contribution is -0.137. The van der Waals surface area contributed by atoms with Gasteiger partial charge in [-0.15, -0.1) is 0 Å². The number of hydrogen-bond donors (Lipinski definition) is 0. The maximum atomic E-state index is 13.3. The highest BCUT2D eigenvalue weighted by molar-refractivity contribution is 5.92. The second kappa shape index (κ2) is 10.6. The van der Waals surface area contributed by atoms with E-state index >= 15 is 0 Å². The van der Waals surface area contributed by atoms with Gasteiger partial charge in [0.25, 0.3) is 5.91 Å². The van der Waals surface area contributed by atoms with E-state index in [1.807, 2.05) is 30.9 Å². The van der Waals surface area contributed by atoms with E-state index in [4.69, 9.17) is 4.42 Å². The molecule has 186 valence electrons. The maximum Gasteiger partial charge on any atom is 0.416 e. The highest BCUT2D eigenvalue weighted by Crippen LogP contribution is 2.30. The molecule has 4 rings (SSSR count). The zero-order valence-corrected chi connectivity index (χ0v) is 20.1. The number of likely N-dealkylation sites (tertiary alicyclic amines) is 1. The third-order valence-corrected chi connectivity index (χ3v) is 6.33.